The van der Waals surface area contributed by atoms with Crippen molar-refractivity contribution >= 4 is 23.1 Å². The number of nitrogens with zero attached hydrogens (tertiary/aromatic N) is 3. The zero-order chi connectivity index (χ0) is 22.1. The Morgan fingerprint density at radius 1 is 1.19 bits per heavy atom. The normalized spacial score (nSPS) is 13.0. The third-order valence-electron chi connectivity index (χ3n) is 5.41. The molecule has 0 radical (unpaired) electrons. The molecule has 7 nitrogen and oxygen atoms in total. The molecule has 1 aliphatic carbocycles. The van der Waals surface area contributed by atoms with Crippen LogP contribution in [-0.2, 0) is 24.1 Å². The topological polar surface area (TPSA) is 92.7 Å². The van der Waals surface area contributed by atoms with Crippen molar-refractivity contribution in [2.24, 2.45) is 0 Å². The van der Waals surface area contributed by atoms with Gasteiger partial charge in [0, 0.05) is 11.6 Å². The third-order valence-corrected chi connectivity index (χ3v) is 6.30. The van der Waals surface area contributed by atoms with Crippen LogP contribution in [0.25, 0.3) is 16.5 Å². The number of fused-ring (bicyclic) bond motifs is 1. The zero-order valence-electron chi connectivity index (χ0n) is 17.1. The van der Waals surface area contributed by atoms with Gasteiger partial charge in [-0.2, -0.15) is 9.78 Å². The number of rotatable bonds is 5. The van der Waals surface area contributed by atoms with Crippen LogP contribution in [0, 0.1) is 5.82 Å². The quantitative estimate of drug-likeness (QED) is 0.484. The predicted molar refractivity (Wildman–Crippen MR) is 121 cm³/mol. The second-order valence-electron chi connectivity index (χ2n) is 7.68. The first-order valence-electron chi connectivity index (χ1n) is 10.4. The summed E-state index contributed by atoms with van der Waals surface area (Å²) in [5.74, 6) is 0.0426. The number of hydrogen-bond donors (Lipinski definition) is 2. The van der Waals surface area contributed by atoms with Gasteiger partial charge in [-0.05, 0) is 54.8 Å². The maximum atomic E-state index is 13.2. The summed E-state index contributed by atoms with van der Waals surface area (Å²) >= 11 is 1.53. The highest BCUT2D eigenvalue weighted by Gasteiger charge is 2.20. The van der Waals surface area contributed by atoms with E-state index in [0.717, 1.165) is 41.8 Å². The number of carbonyl (C=O) groups excluding carboxylic acids is 1. The summed E-state index contributed by atoms with van der Waals surface area (Å²) in [4.78, 5) is 33.8. The van der Waals surface area contributed by atoms with E-state index in [1.807, 2.05) is 17.5 Å². The van der Waals surface area contributed by atoms with Crippen LogP contribution in [0.5, 0.6) is 0 Å². The molecule has 0 saturated heterocycles. The predicted octanol–water partition coefficient (Wildman–Crippen LogP) is 3.88. The number of amides is 1. The monoisotopic (exact) mass is 449 g/mol. The number of aryl methyl sites for hydroxylation is 1. The molecule has 1 aromatic carbocycles. The van der Waals surface area contributed by atoms with Crippen molar-refractivity contribution in [1.29, 1.82) is 0 Å². The maximum absolute atomic E-state index is 13.2. The van der Waals surface area contributed by atoms with Gasteiger partial charge in [0.15, 0.2) is 0 Å². The molecular formula is C23H20FN5O2S. The van der Waals surface area contributed by atoms with E-state index in [1.165, 1.54) is 28.2 Å². The van der Waals surface area contributed by atoms with Gasteiger partial charge in [0.25, 0.3) is 5.56 Å². The fourth-order valence-corrected chi connectivity index (χ4v) is 4.52. The highest BCUT2D eigenvalue weighted by atomic mass is 32.1. The minimum atomic E-state index is -0.352. The Hall–Kier alpha value is -3.59. The van der Waals surface area contributed by atoms with Gasteiger partial charge >= 0.3 is 0 Å². The van der Waals surface area contributed by atoms with Crippen LogP contribution in [0.3, 0.4) is 0 Å². The van der Waals surface area contributed by atoms with Crippen LogP contribution in [0.1, 0.15) is 29.7 Å². The summed E-state index contributed by atoms with van der Waals surface area (Å²) in [6.45, 7) is 0. The van der Waals surface area contributed by atoms with Crippen molar-refractivity contribution in [2.75, 3.05) is 5.32 Å². The van der Waals surface area contributed by atoms with Crippen molar-refractivity contribution in [3.63, 3.8) is 0 Å². The van der Waals surface area contributed by atoms with E-state index >= 15 is 0 Å². The minimum absolute atomic E-state index is 0.0773. The molecule has 162 valence electrons. The van der Waals surface area contributed by atoms with E-state index in [0.29, 0.717) is 17.1 Å². The van der Waals surface area contributed by atoms with Crippen LogP contribution in [0.2, 0.25) is 0 Å². The summed E-state index contributed by atoms with van der Waals surface area (Å²) in [6.07, 6.45) is 3.51. The number of H-pyrrole nitrogens is 1. The second kappa shape index (κ2) is 8.51. The number of halogens is 1. The molecule has 0 fully saturated rings. The Balaban J connectivity index is 1.50. The molecule has 0 bridgehead atoms. The third kappa shape index (κ3) is 4.11. The van der Waals surface area contributed by atoms with Crippen molar-refractivity contribution in [3.8, 4) is 16.5 Å². The first-order chi connectivity index (χ1) is 15.6. The molecule has 3 aromatic heterocycles. The highest BCUT2D eigenvalue weighted by molar-refractivity contribution is 7.13. The van der Waals surface area contributed by atoms with E-state index < -0.39 is 0 Å². The van der Waals surface area contributed by atoms with Crippen LogP contribution >= 0.6 is 11.3 Å². The lowest BCUT2D eigenvalue weighted by Gasteiger charge is -2.15. The van der Waals surface area contributed by atoms with Gasteiger partial charge in [0.1, 0.15) is 17.3 Å². The van der Waals surface area contributed by atoms with Gasteiger partial charge < -0.3 is 5.32 Å². The number of carbonyl (C=O) groups is 1. The number of anilines is 1. The molecular weight excluding hydrogens is 429 g/mol. The fourth-order valence-electron chi connectivity index (χ4n) is 3.84. The molecule has 3 heterocycles. The summed E-state index contributed by atoms with van der Waals surface area (Å²) < 4.78 is 14.6. The summed E-state index contributed by atoms with van der Waals surface area (Å²) in [5.41, 5.74) is 2.70. The maximum Gasteiger partial charge on any atom is 0.255 e. The average Bonchev–Trinajstić information content (AvgIpc) is 3.45. The lowest BCUT2D eigenvalue weighted by molar-refractivity contribution is -0.115. The van der Waals surface area contributed by atoms with Gasteiger partial charge in [0.2, 0.25) is 11.9 Å². The summed E-state index contributed by atoms with van der Waals surface area (Å²) in [5, 5.41) is 9.42. The lowest BCUT2D eigenvalue weighted by atomic mass is 9.97. The van der Waals surface area contributed by atoms with Crippen molar-refractivity contribution in [2.45, 2.75) is 32.1 Å². The first kappa shape index (κ1) is 20.3. The van der Waals surface area contributed by atoms with Gasteiger partial charge in [-0.3, -0.25) is 14.6 Å². The molecule has 0 spiro atoms. The minimum Gasteiger partial charge on any atom is -0.310 e. The van der Waals surface area contributed by atoms with E-state index in [4.69, 9.17) is 0 Å². The van der Waals surface area contributed by atoms with E-state index in [9.17, 15) is 14.0 Å². The Bertz CT molecular complexity index is 1330. The Morgan fingerprint density at radius 3 is 2.78 bits per heavy atom. The van der Waals surface area contributed by atoms with E-state index in [2.05, 4.69) is 20.4 Å². The summed E-state index contributed by atoms with van der Waals surface area (Å²) in [7, 11) is 0. The van der Waals surface area contributed by atoms with Crippen molar-refractivity contribution in [1.82, 2.24) is 19.7 Å². The molecule has 2 N–H and O–H groups in total. The summed E-state index contributed by atoms with van der Waals surface area (Å²) in [6, 6.07) is 11.4. The molecule has 1 amide bonds. The number of aromatic amines is 1. The molecule has 32 heavy (non-hydrogen) atoms. The van der Waals surface area contributed by atoms with Gasteiger partial charge in [-0.15, -0.1) is 11.3 Å². The Kier molecular flexibility index (Phi) is 5.40. The molecule has 5 rings (SSSR count). The zero-order valence-corrected chi connectivity index (χ0v) is 17.9. The number of aromatic nitrogens is 4. The van der Waals surface area contributed by atoms with Crippen LogP contribution in [0.15, 0.2) is 52.6 Å². The second-order valence-corrected chi connectivity index (χ2v) is 8.62. The van der Waals surface area contributed by atoms with E-state index in [1.54, 1.807) is 18.2 Å². The van der Waals surface area contributed by atoms with Gasteiger partial charge in [-0.1, -0.05) is 18.2 Å². The van der Waals surface area contributed by atoms with Crippen LogP contribution in [-0.4, -0.2) is 25.7 Å². The van der Waals surface area contributed by atoms with Crippen molar-refractivity contribution in [3.05, 3.63) is 80.8 Å². The number of nitrogens with one attached hydrogen (secondary N) is 2. The van der Waals surface area contributed by atoms with E-state index in [-0.39, 0.29) is 29.7 Å². The first-order valence-corrected chi connectivity index (χ1v) is 11.3. The molecule has 0 saturated carbocycles. The SMILES string of the molecule is O=C(Cc1ccc(F)cc1)Nc1cc(-c2cccs2)nn1-c1nc2c(c(=O)[nH]1)CCCC2. The standard InChI is InChI=1S/C23H20FN5O2S/c24-15-9-7-14(8-10-15)12-21(30)26-20-13-18(19-6-3-11-32-19)28-29(20)23-25-17-5-2-1-4-16(17)22(31)27-23/h3,6-11,13H,1-2,4-5,12H2,(H,26,30)(H,25,27,31). The molecule has 4 aromatic rings. The number of thiophene rings is 1. The smallest absolute Gasteiger partial charge is 0.255 e. The molecule has 0 atom stereocenters. The van der Waals surface area contributed by atoms with Gasteiger partial charge in [-0.25, -0.2) is 9.37 Å². The fraction of sp³-hybridized carbons (Fsp3) is 0.217. The number of benzene rings is 1. The number of hydrogen-bond acceptors (Lipinski definition) is 5. The van der Waals surface area contributed by atoms with Crippen LogP contribution < -0.4 is 10.9 Å². The molecule has 1 aliphatic rings. The van der Waals surface area contributed by atoms with Crippen LogP contribution in [0.4, 0.5) is 10.2 Å². The molecule has 0 aliphatic heterocycles. The van der Waals surface area contributed by atoms with Gasteiger partial charge in [0.05, 0.1) is 17.0 Å². The molecule has 9 heteroatoms. The van der Waals surface area contributed by atoms with Crippen molar-refractivity contribution < 1.29 is 9.18 Å². The molecule has 0 unspecified atom stereocenters. The largest absolute Gasteiger partial charge is 0.310 e. The average molecular weight is 450 g/mol. The Morgan fingerprint density at radius 2 is 2.00 bits per heavy atom. The highest BCUT2D eigenvalue weighted by Crippen LogP contribution is 2.28. The lowest BCUT2D eigenvalue weighted by Crippen LogP contribution is -2.25. The Labute approximate surface area is 187 Å².